The molecule has 2 N–H and O–H groups in total. The number of aromatic nitrogens is 4. The average molecular weight is 178 g/mol. The highest BCUT2D eigenvalue weighted by molar-refractivity contribution is 5.73. The Kier molecular flexibility index (Phi) is 1.66. The highest BCUT2D eigenvalue weighted by atomic mass is 16.4. The summed E-state index contributed by atoms with van der Waals surface area (Å²) in [7, 11) is 0. The first-order chi connectivity index (χ1) is 6.25. The van der Waals surface area contributed by atoms with E-state index in [0.717, 1.165) is 0 Å². The van der Waals surface area contributed by atoms with Crippen molar-refractivity contribution in [3.8, 4) is 0 Å². The second kappa shape index (κ2) is 2.81. The van der Waals surface area contributed by atoms with Gasteiger partial charge in [0.15, 0.2) is 5.65 Å². The number of nitrogens with one attached hydrogen (secondary N) is 1. The predicted molar refractivity (Wildman–Crippen MR) is 43.0 cm³/mol. The third-order valence-corrected chi connectivity index (χ3v) is 1.54. The molecule has 0 saturated carbocycles. The van der Waals surface area contributed by atoms with E-state index in [1.807, 2.05) is 0 Å². The number of rotatable bonds is 2. The van der Waals surface area contributed by atoms with Gasteiger partial charge in [-0.15, -0.1) is 5.10 Å². The fourth-order valence-electron chi connectivity index (χ4n) is 1.04. The van der Waals surface area contributed by atoms with Crippen molar-refractivity contribution in [1.29, 1.82) is 0 Å². The molecule has 0 amide bonds. The van der Waals surface area contributed by atoms with Gasteiger partial charge in [0.2, 0.25) is 0 Å². The van der Waals surface area contributed by atoms with Gasteiger partial charge in [-0.1, -0.05) is 0 Å². The lowest BCUT2D eigenvalue weighted by Gasteiger charge is -1.85. The Morgan fingerprint density at radius 2 is 2.46 bits per heavy atom. The van der Waals surface area contributed by atoms with E-state index >= 15 is 0 Å². The number of aromatic amines is 1. The number of carboxylic acids is 1. The molecule has 0 radical (unpaired) electrons. The first-order valence-electron chi connectivity index (χ1n) is 3.64. The SMILES string of the molecule is O=C(O)Cc1nc2nnccc2[nH]1. The van der Waals surface area contributed by atoms with Crippen LogP contribution in [0.2, 0.25) is 0 Å². The number of aliphatic carboxylic acids is 1. The van der Waals surface area contributed by atoms with Crippen LogP contribution in [-0.4, -0.2) is 31.2 Å². The fourth-order valence-corrected chi connectivity index (χ4v) is 1.04. The van der Waals surface area contributed by atoms with Gasteiger partial charge in [-0.2, -0.15) is 5.10 Å². The first-order valence-corrected chi connectivity index (χ1v) is 3.64. The molecular formula is C7H6N4O2. The van der Waals surface area contributed by atoms with Crippen molar-refractivity contribution in [2.45, 2.75) is 6.42 Å². The van der Waals surface area contributed by atoms with E-state index in [4.69, 9.17) is 5.11 Å². The third kappa shape index (κ3) is 1.46. The van der Waals surface area contributed by atoms with Crippen molar-refractivity contribution in [2.75, 3.05) is 0 Å². The van der Waals surface area contributed by atoms with Crippen LogP contribution in [0.4, 0.5) is 0 Å². The van der Waals surface area contributed by atoms with Crippen LogP contribution in [-0.2, 0) is 11.2 Å². The van der Waals surface area contributed by atoms with Crippen molar-refractivity contribution < 1.29 is 9.90 Å². The number of fused-ring (bicyclic) bond motifs is 1. The molecule has 6 nitrogen and oxygen atoms in total. The van der Waals surface area contributed by atoms with Crippen LogP contribution >= 0.6 is 0 Å². The van der Waals surface area contributed by atoms with Crippen molar-refractivity contribution in [3.63, 3.8) is 0 Å². The summed E-state index contributed by atoms with van der Waals surface area (Å²) in [6.45, 7) is 0. The molecule has 0 aromatic carbocycles. The van der Waals surface area contributed by atoms with Crippen LogP contribution in [0.5, 0.6) is 0 Å². The van der Waals surface area contributed by atoms with E-state index in [-0.39, 0.29) is 6.42 Å². The van der Waals surface area contributed by atoms with Crippen molar-refractivity contribution in [1.82, 2.24) is 20.2 Å². The molecule has 13 heavy (non-hydrogen) atoms. The van der Waals surface area contributed by atoms with E-state index in [0.29, 0.717) is 17.0 Å². The smallest absolute Gasteiger partial charge is 0.311 e. The van der Waals surface area contributed by atoms with Crippen LogP contribution in [0.25, 0.3) is 11.2 Å². The minimum Gasteiger partial charge on any atom is -0.481 e. The van der Waals surface area contributed by atoms with Gasteiger partial charge in [-0.25, -0.2) is 4.98 Å². The summed E-state index contributed by atoms with van der Waals surface area (Å²) >= 11 is 0. The summed E-state index contributed by atoms with van der Waals surface area (Å²) < 4.78 is 0. The molecule has 0 aliphatic rings. The van der Waals surface area contributed by atoms with Crippen molar-refractivity contribution in [2.24, 2.45) is 0 Å². The fraction of sp³-hybridized carbons (Fsp3) is 0.143. The molecule has 2 aromatic heterocycles. The maximum absolute atomic E-state index is 10.3. The maximum atomic E-state index is 10.3. The zero-order chi connectivity index (χ0) is 9.26. The van der Waals surface area contributed by atoms with E-state index in [9.17, 15) is 4.79 Å². The Morgan fingerprint density at radius 3 is 3.15 bits per heavy atom. The molecule has 2 rings (SSSR count). The molecule has 2 aromatic rings. The predicted octanol–water partition coefficient (Wildman–Crippen LogP) is -0.0200. The summed E-state index contributed by atoms with van der Waals surface area (Å²) in [4.78, 5) is 17.1. The quantitative estimate of drug-likeness (QED) is 0.674. The van der Waals surface area contributed by atoms with Gasteiger partial charge in [0.25, 0.3) is 0 Å². The second-order valence-corrected chi connectivity index (χ2v) is 2.52. The Bertz CT molecular complexity index is 417. The Hall–Kier alpha value is -1.98. The summed E-state index contributed by atoms with van der Waals surface area (Å²) in [6.07, 6.45) is 1.39. The number of nitrogens with zero attached hydrogens (tertiary/aromatic N) is 3. The van der Waals surface area contributed by atoms with Gasteiger partial charge in [0.05, 0.1) is 11.7 Å². The maximum Gasteiger partial charge on any atom is 0.311 e. The van der Waals surface area contributed by atoms with E-state index in [2.05, 4.69) is 20.2 Å². The van der Waals surface area contributed by atoms with Gasteiger partial charge in [0, 0.05) is 0 Å². The topological polar surface area (TPSA) is 91.8 Å². The summed E-state index contributed by atoms with van der Waals surface area (Å²) in [6, 6.07) is 1.70. The monoisotopic (exact) mass is 178 g/mol. The minimum atomic E-state index is -0.924. The number of carbonyl (C=O) groups is 1. The average Bonchev–Trinajstić information content (AvgIpc) is 2.44. The Labute approximate surface area is 72.6 Å². The number of hydrogen-bond donors (Lipinski definition) is 2. The highest BCUT2D eigenvalue weighted by Gasteiger charge is 2.06. The standard InChI is InChI=1S/C7H6N4O2/c12-6(13)3-5-9-4-1-2-8-11-7(4)10-5/h1-2H,3H2,(H,12,13)(H,9,10,11). The summed E-state index contributed by atoms with van der Waals surface area (Å²) in [5.74, 6) is -0.532. The molecule has 0 aliphatic heterocycles. The largest absolute Gasteiger partial charge is 0.481 e. The van der Waals surface area contributed by atoms with E-state index in [1.54, 1.807) is 6.07 Å². The van der Waals surface area contributed by atoms with Crippen LogP contribution in [0.15, 0.2) is 12.3 Å². The molecule has 0 spiro atoms. The van der Waals surface area contributed by atoms with Crippen LogP contribution < -0.4 is 0 Å². The Morgan fingerprint density at radius 1 is 1.62 bits per heavy atom. The van der Waals surface area contributed by atoms with Gasteiger partial charge >= 0.3 is 5.97 Å². The lowest BCUT2D eigenvalue weighted by molar-refractivity contribution is -0.136. The zero-order valence-corrected chi connectivity index (χ0v) is 6.56. The molecule has 0 atom stereocenters. The number of carboxylic acid groups (broad SMARTS) is 1. The second-order valence-electron chi connectivity index (χ2n) is 2.52. The lowest BCUT2D eigenvalue weighted by atomic mass is 10.4. The molecule has 6 heteroatoms. The van der Waals surface area contributed by atoms with Gasteiger partial charge < -0.3 is 10.1 Å². The molecule has 0 saturated heterocycles. The minimum absolute atomic E-state index is 0.129. The van der Waals surface area contributed by atoms with Crippen LogP contribution in [0.1, 0.15) is 5.82 Å². The first kappa shape index (κ1) is 7.66. The molecule has 0 bridgehead atoms. The molecule has 2 heterocycles. The molecule has 0 unspecified atom stereocenters. The summed E-state index contributed by atoms with van der Waals surface area (Å²) in [5.41, 5.74) is 1.14. The normalized spacial score (nSPS) is 10.5. The van der Waals surface area contributed by atoms with E-state index < -0.39 is 5.97 Å². The van der Waals surface area contributed by atoms with Crippen LogP contribution in [0.3, 0.4) is 0 Å². The number of H-pyrrole nitrogens is 1. The van der Waals surface area contributed by atoms with E-state index in [1.165, 1.54) is 6.20 Å². The van der Waals surface area contributed by atoms with Gasteiger partial charge in [-0.3, -0.25) is 4.79 Å². The Balaban J connectivity index is 2.44. The van der Waals surface area contributed by atoms with Crippen molar-refractivity contribution >= 4 is 17.1 Å². The lowest BCUT2D eigenvalue weighted by Crippen LogP contribution is -2.01. The molecule has 66 valence electrons. The molecule has 0 aliphatic carbocycles. The van der Waals surface area contributed by atoms with Crippen LogP contribution in [0, 0.1) is 0 Å². The zero-order valence-electron chi connectivity index (χ0n) is 6.56. The van der Waals surface area contributed by atoms with Gasteiger partial charge in [0.1, 0.15) is 12.2 Å². The molecular weight excluding hydrogens is 172 g/mol. The third-order valence-electron chi connectivity index (χ3n) is 1.54. The highest BCUT2D eigenvalue weighted by Crippen LogP contribution is 2.06. The number of hydrogen-bond acceptors (Lipinski definition) is 4. The van der Waals surface area contributed by atoms with Crippen molar-refractivity contribution in [3.05, 3.63) is 18.1 Å². The number of imidazole rings is 1. The summed E-state index contributed by atoms with van der Waals surface area (Å²) in [5, 5.41) is 15.8. The van der Waals surface area contributed by atoms with Gasteiger partial charge in [-0.05, 0) is 6.07 Å². The molecule has 0 fully saturated rings.